The van der Waals surface area contributed by atoms with Gasteiger partial charge in [-0.15, -0.1) is 0 Å². The lowest BCUT2D eigenvalue weighted by Gasteiger charge is -2.32. The molecule has 210 valence electrons. The van der Waals surface area contributed by atoms with Gasteiger partial charge in [0.15, 0.2) is 0 Å². The van der Waals surface area contributed by atoms with Crippen molar-refractivity contribution < 1.29 is 14.7 Å². The zero-order chi connectivity index (χ0) is 27.7. The molecule has 0 aliphatic carbocycles. The number of aryl methyl sites for hydroxylation is 2. The van der Waals surface area contributed by atoms with Crippen LogP contribution in [0.1, 0.15) is 36.9 Å². The summed E-state index contributed by atoms with van der Waals surface area (Å²) in [6.45, 7) is 3.52. The summed E-state index contributed by atoms with van der Waals surface area (Å²) in [7, 11) is 0. The van der Waals surface area contributed by atoms with Gasteiger partial charge in [0.2, 0.25) is 5.91 Å². The van der Waals surface area contributed by atoms with Crippen molar-refractivity contribution in [1.82, 2.24) is 25.2 Å². The third kappa shape index (κ3) is 7.32. The Morgan fingerprint density at radius 3 is 2.85 bits per heavy atom. The fourth-order valence-corrected chi connectivity index (χ4v) is 5.39. The Kier molecular flexibility index (Phi) is 9.18. The normalized spacial score (nSPS) is 17.8. The fraction of sp³-hybridized carbons (Fsp3) is 0.433. The van der Waals surface area contributed by atoms with E-state index in [-0.39, 0.29) is 18.4 Å². The number of rotatable bonds is 11. The molecular formula is C30H37N7O3. The number of aromatic nitrogens is 3. The highest BCUT2D eigenvalue weighted by Gasteiger charge is 2.27. The Balaban J connectivity index is 1.09. The predicted molar refractivity (Wildman–Crippen MR) is 154 cm³/mol. The van der Waals surface area contributed by atoms with Gasteiger partial charge in [-0.2, -0.15) is 0 Å². The first-order valence-corrected chi connectivity index (χ1v) is 14.1. The summed E-state index contributed by atoms with van der Waals surface area (Å²) < 4.78 is 0. The van der Waals surface area contributed by atoms with Crippen LogP contribution in [0.3, 0.4) is 0 Å². The number of carbonyl (C=O) groups is 2. The van der Waals surface area contributed by atoms with Gasteiger partial charge in [-0.05, 0) is 63.2 Å². The maximum atomic E-state index is 13.0. The van der Waals surface area contributed by atoms with Gasteiger partial charge >= 0.3 is 5.97 Å². The van der Waals surface area contributed by atoms with E-state index in [9.17, 15) is 14.7 Å². The molecule has 10 nitrogen and oxygen atoms in total. The van der Waals surface area contributed by atoms with E-state index in [1.54, 1.807) is 6.07 Å². The molecule has 2 aromatic heterocycles. The Bertz CT molecular complexity index is 1300. The van der Waals surface area contributed by atoms with Crippen molar-refractivity contribution in [3.05, 3.63) is 66.1 Å². The Labute approximate surface area is 234 Å². The molecule has 0 saturated carbocycles. The lowest BCUT2D eigenvalue weighted by molar-refractivity contribution is -0.138. The number of benzene rings is 1. The van der Waals surface area contributed by atoms with Crippen molar-refractivity contribution in [1.29, 1.82) is 0 Å². The van der Waals surface area contributed by atoms with E-state index < -0.39 is 12.0 Å². The minimum atomic E-state index is -1.06. The molecule has 3 aromatic rings. The average Bonchev–Trinajstić information content (AvgIpc) is 2.99. The number of nitrogens with one attached hydrogen (secondary N) is 3. The van der Waals surface area contributed by atoms with Gasteiger partial charge in [-0.3, -0.25) is 4.79 Å². The van der Waals surface area contributed by atoms with E-state index in [1.807, 2.05) is 30.3 Å². The number of amides is 1. The number of carbonyl (C=O) groups excluding carboxylic acids is 1. The number of pyridine rings is 1. The quantitative estimate of drug-likeness (QED) is 0.288. The van der Waals surface area contributed by atoms with Crippen LogP contribution >= 0.6 is 0 Å². The molecule has 4 heterocycles. The van der Waals surface area contributed by atoms with Crippen molar-refractivity contribution in [2.24, 2.45) is 5.92 Å². The van der Waals surface area contributed by atoms with Crippen LogP contribution in [-0.4, -0.2) is 75.6 Å². The molecule has 1 amide bonds. The van der Waals surface area contributed by atoms with Gasteiger partial charge in [0, 0.05) is 37.0 Å². The monoisotopic (exact) mass is 543 g/mol. The molecule has 1 fully saturated rings. The van der Waals surface area contributed by atoms with Crippen LogP contribution in [0.15, 0.2) is 54.9 Å². The predicted octanol–water partition coefficient (Wildman–Crippen LogP) is 3.22. The first-order valence-electron chi connectivity index (χ1n) is 14.1. The molecule has 5 rings (SSSR count). The molecule has 40 heavy (non-hydrogen) atoms. The highest BCUT2D eigenvalue weighted by Crippen LogP contribution is 2.22. The average molecular weight is 544 g/mol. The summed E-state index contributed by atoms with van der Waals surface area (Å²) >= 11 is 0. The Hall–Kier alpha value is -4.05. The Morgan fingerprint density at radius 2 is 2.00 bits per heavy atom. The van der Waals surface area contributed by atoms with E-state index in [2.05, 4.69) is 43.0 Å². The molecule has 2 aliphatic heterocycles. The topological polar surface area (TPSA) is 132 Å². The van der Waals surface area contributed by atoms with E-state index in [1.165, 1.54) is 11.9 Å². The summed E-state index contributed by atoms with van der Waals surface area (Å²) in [6.07, 6.45) is 7.28. The zero-order valence-corrected chi connectivity index (χ0v) is 22.7. The van der Waals surface area contributed by atoms with Crippen LogP contribution in [0.4, 0.5) is 11.6 Å². The zero-order valence-electron chi connectivity index (χ0n) is 22.7. The number of nitrogens with zero attached hydrogens (tertiary/aromatic N) is 4. The number of hydrogen-bond donors (Lipinski definition) is 4. The van der Waals surface area contributed by atoms with E-state index in [4.69, 9.17) is 4.98 Å². The maximum Gasteiger partial charge on any atom is 0.328 e. The highest BCUT2D eigenvalue weighted by molar-refractivity contribution is 5.82. The first-order chi connectivity index (χ1) is 19.5. The molecule has 2 atom stereocenters. The molecule has 1 aromatic carbocycles. The second-order valence-corrected chi connectivity index (χ2v) is 10.5. The number of carboxylic acids is 1. The molecule has 2 aliphatic rings. The maximum absolute atomic E-state index is 13.0. The van der Waals surface area contributed by atoms with Crippen LogP contribution in [0.2, 0.25) is 0 Å². The minimum Gasteiger partial charge on any atom is -0.480 e. The minimum absolute atomic E-state index is 0.0344. The van der Waals surface area contributed by atoms with Crippen LogP contribution in [0, 0.1) is 5.92 Å². The first kappa shape index (κ1) is 27.5. The van der Waals surface area contributed by atoms with Crippen LogP contribution in [0.5, 0.6) is 0 Å². The number of fused-ring (bicyclic) bond motifs is 1. The van der Waals surface area contributed by atoms with Crippen LogP contribution in [-0.2, 0) is 22.4 Å². The molecule has 1 saturated heterocycles. The summed E-state index contributed by atoms with van der Waals surface area (Å²) in [5.41, 5.74) is 4.00. The SMILES string of the molecule is O=C(NC[C@H](Nc1cc(-c2ccccc2)ncn1)C(=O)O)[C@@H]1CCCN(CCCc2ccc3c(n2)NCCC3)C1. The number of aliphatic carboxylic acids is 1. The smallest absolute Gasteiger partial charge is 0.328 e. The standard InChI is InChI=1S/C30H37N7O3/c38-29(32-18-26(30(39)40)36-27-17-25(33-20-34-27)21-7-2-1-3-8-21)23-10-5-15-37(19-23)16-6-11-24-13-12-22-9-4-14-31-28(22)35-24/h1-3,7-8,12-13,17,20,23,26H,4-6,9-11,14-16,18-19H2,(H,31,35)(H,32,38)(H,39,40)(H,33,34,36)/t23-,26+/m1/s1. The van der Waals surface area contributed by atoms with Gasteiger partial charge in [-0.25, -0.2) is 19.7 Å². The second-order valence-electron chi connectivity index (χ2n) is 10.5. The van der Waals surface area contributed by atoms with E-state index in [0.717, 1.165) is 75.2 Å². The van der Waals surface area contributed by atoms with Gasteiger partial charge in [0.1, 0.15) is 24.0 Å². The summed E-state index contributed by atoms with van der Waals surface area (Å²) in [5.74, 6) is 0.106. The third-order valence-electron chi connectivity index (χ3n) is 7.57. The summed E-state index contributed by atoms with van der Waals surface area (Å²) in [5, 5.41) is 19.0. The molecule has 0 radical (unpaired) electrons. The number of likely N-dealkylation sites (tertiary alicyclic amines) is 1. The fourth-order valence-electron chi connectivity index (χ4n) is 5.39. The van der Waals surface area contributed by atoms with Crippen molar-refractivity contribution in [3.8, 4) is 11.3 Å². The van der Waals surface area contributed by atoms with Gasteiger partial charge in [0.25, 0.3) is 0 Å². The largest absolute Gasteiger partial charge is 0.480 e. The molecule has 0 unspecified atom stereocenters. The van der Waals surface area contributed by atoms with Crippen LogP contribution in [0.25, 0.3) is 11.3 Å². The lowest BCUT2D eigenvalue weighted by atomic mass is 9.96. The molecule has 10 heteroatoms. The van der Waals surface area contributed by atoms with Gasteiger partial charge < -0.3 is 26.0 Å². The number of carboxylic acid groups (broad SMARTS) is 1. The molecular weight excluding hydrogens is 506 g/mol. The summed E-state index contributed by atoms with van der Waals surface area (Å²) in [4.78, 5) is 40.5. The van der Waals surface area contributed by atoms with Gasteiger partial charge in [-0.1, -0.05) is 36.4 Å². The Morgan fingerprint density at radius 1 is 1.12 bits per heavy atom. The summed E-state index contributed by atoms with van der Waals surface area (Å²) in [6, 6.07) is 14.6. The lowest BCUT2D eigenvalue weighted by Crippen LogP contribution is -2.47. The third-order valence-corrected chi connectivity index (χ3v) is 7.57. The highest BCUT2D eigenvalue weighted by atomic mass is 16.4. The number of anilines is 2. The number of hydrogen-bond acceptors (Lipinski definition) is 8. The van der Waals surface area contributed by atoms with Crippen LogP contribution < -0.4 is 16.0 Å². The molecule has 0 bridgehead atoms. The second kappa shape index (κ2) is 13.3. The van der Waals surface area contributed by atoms with E-state index in [0.29, 0.717) is 18.1 Å². The van der Waals surface area contributed by atoms with Gasteiger partial charge in [0.05, 0.1) is 11.6 Å². The number of piperidine rings is 1. The molecule has 4 N–H and O–H groups in total. The van der Waals surface area contributed by atoms with Crippen molar-refractivity contribution in [2.75, 3.05) is 43.4 Å². The molecule has 0 spiro atoms. The van der Waals surface area contributed by atoms with Crippen molar-refractivity contribution in [2.45, 2.75) is 44.6 Å². The van der Waals surface area contributed by atoms with Crippen molar-refractivity contribution in [3.63, 3.8) is 0 Å². The van der Waals surface area contributed by atoms with Crippen molar-refractivity contribution >= 4 is 23.5 Å². The van der Waals surface area contributed by atoms with E-state index >= 15 is 0 Å².